The van der Waals surface area contributed by atoms with Crippen molar-refractivity contribution in [1.82, 2.24) is 30.1 Å². The number of nitrogens with zero attached hydrogens (tertiary/aromatic N) is 4. The molecule has 2 aromatic rings. The fourth-order valence-electron chi connectivity index (χ4n) is 2.70. The summed E-state index contributed by atoms with van der Waals surface area (Å²) >= 11 is 0. The number of pyridine rings is 1. The van der Waals surface area contributed by atoms with Crippen molar-refractivity contribution in [3.05, 3.63) is 30.2 Å². The predicted octanol–water partition coefficient (Wildman–Crippen LogP) is 1.14. The van der Waals surface area contributed by atoms with Crippen molar-refractivity contribution in [3.63, 3.8) is 0 Å². The van der Waals surface area contributed by atoms with Gasteiger partial charge in [0.05, 0.1) is 5.56 Å². The largest absolute Gasteiger partial charge is 0.405 e. The predicted molar refractivity (Wildman–Crippen MR) is 94.1 cm³/mol. The van der Waals surface area contributed by atoms with Crippen LogP contribution in [-0.4, -0.2) is 70.3 Å². The van der Waals surface area contributed by atoms with Crippen molar-refractivity contribution in [2.75, 3.05) is 32.7 Å². The molecule has 2 N–H and O–H groups in total. The summed E-state index contributed by atoms with van der Waals surface area (Å²) in [5.41, 5.74) is 0.809. The lowest BCUT2D eigenvalue weighted by molar-refractivity contribution is -0.183. The van der Waals surface area contributed by atoms with Crippen LogP contribution in [0.2, 0.25) is 0 Å². The summed E-state index contributed by atoms with van der Waals surface area (Å²) in [6, 6.07) is 1.40. The molecule has 1 saturated heterocycles. The minimum absolute atomic E-state index is 0. The van der Waals surface area contributed by atoms with Gasteiger partial charge < -0.3 is 10.6 Å². The molecule has 1 unspecified atom stereocenters. The summed E-state index contributed by atoms with van der Waals surface area (Å²) in [5, 5.41) is 12.9. The Labute approximate surface area is 160 Å². The van der Waals surface area contributed by atoms with Crippen molar-refractivity contribution in [1.29, 1.82) is 0 Å². The van der Waals surface area contributed by atoms with Gasteiger partial charge in [0, 0.05) is 38.9 Å². The Morgan fingerprint density at radius 2 is 1.96 bits per heavy atom. The summed E-state index contributed by atoms with van der Waals surface area (Å²) in [6.45, 7) is 1.12. The Morgan fingerprint density at radius 1 is 1.27 bits per heavy atom. The maximum atomic E-state index is 13.3. The molecule has 26 heavy (non-hydrogen) atoms. The summed E-state index contributed by atoms with van der Waals surface area (Å²) in [4.78, 5) is 13.5. The van der Waals surface area contributed by atoms with E-state index in [1.807, 2.05) is 0 Å². The smallest absolute Gasteiger partial charge is 0.350 e. The molecule has 2 aromatic heterocycles. The van der Waals surface area contributed by atoms with Crippen LogP contribution in [0.5, 0.6) is 0 Å². The number of piperazine rings is 1. The van der Waals surface area contributed by atoms with Gasteiger partial charge in [-0.25, -0.2) is 0 Å². The zero-order valence-corrected chi connectivity index (χ0v) is 15.2. The van der Waals surface area contributed by atoms with E-state index in [1.54, 1.807) is 6.07 Å². The number of carbonyl (C=O) groups is 1. The van der Waals surface area contributed by atoms with Gasteiger partial charge in [0.25, 0.3) is 5.91 Å². The number of carbonyl (C=O) groups excluding carboxylic acids is 1. The normalized spacial score (nSPS) is 16.4. The molecule has 0 aliphatic carbocycles. The first-order valence-corrected chi connectivity index (χ1v) is 7.54. The second kappa shape index (κ2) is 9.36. The van der Waals surface area contributed by atoms with E-state index in [4.69, 9.17) is 0 Å². The fourth-order valence-corrected chi connectivity index (χ4v) is 2.70. The van der Waals surface area contributed by atoms with Gasteiger partial charge in [-0.3, -0.25) is 14.1 Å². The molecule has 1 aliphatic heterocycles. The van der Waals surface area contributed by atoms with Crippen molar-refractivity contribution < 1.29 is 18.0 Å². The maximum Gasteiger partial charge on any atom is 0.405 e. The van der Waals surface area contributed by atoms with Gasteiger partial charge in [0.2, 0.25) is 0 Å². The van der Waals surface area contributed by atoms with Crippen LogP contribution in [0.4, 0.5) is 13.2 Å². The molecule has 1 amide bonds. The quantitative estimate of drug-likeness (QED) is 0.784. The first kappa shape index (κ1) is 22.4. The van der Waals surface area contributed by atoms with Gasteiger partial charge in [0.1, 0.15) is 12.4 Å². The first-order chi connectivity index (χ1) is 11.4. The van der Waals surface area contributed by atoms with Gasteiger partial charge in [0.15, 0.2) is 5.65 Å². The molecule has 0 spiro atoms. The number of alkyl halides is 3. The van der Waals surface area contributed by atoms with E-state index in [0.29, 0.717) is 31.8 Å². The topological polar surface area (TPSA) is 74.6 Å². The first-order valence-electron chi connectivity index (χ1n) is 7.54. The highest BCUT2D eigenvalue weighted by Crippen LogP contribution is 2.24. The lowest BCUT2D eigenvalue weighted by Gasteiger charge is -2.35. The van der Waals surface area contributed by atoms with Crippen LogP contribution in [0, 0.1) is 0 Å². The molecule has 7 nitrogen and oxygen atoms in total. The van der Waals surface area contributed by atoms with E-state index in [1.165, 1.54) is 27.9 Å². The van der Waals surface area contributed by atoms with Crippen LogP contribution in [0.3, 0.4) is 0 Å². The van der Waals surface area contributed by atoms with Crippen LogP contribution in [0.15, 0.2) is 24.7 Å². The zero-order valence-electron chi connectivity index (χ0n) is 13.6. The summed E-state index contributed by atoms with van der Waals surface area (Å²) < 4.78 is 41.4. The fraction of sp³-hybridized carbons (Fsp3) is 0.500. The highest BCUT2D eigenvalue weighted by atomic mass is 35.5. The van der Waals surface area contributed by atoms with Gasteiger partial charge in [-0.15, -0.1) is 35.0 Å². The molecule has 0 aromatic carbocycles. The van der Waals surface area contributed by atoms with Crippen molar-refractivity contribution in [3.8, 4) is 0 Å². The van der Waals surface area contributed by atoms with Crippen LogP contribution < -0.4 is 10.6 Å². The average Bonchev–Trinajstić information content (AvgIpc) is 3.02. The number of nitrogens with one attached hydrogen (secondary N) is 2. The maximum absolute atomic E-state index is 13.3. The summed E-state index contributed by atoms with van der Waals surface area (Å²) in [5.74, 6) is -0.560. The molecule has 3 heterocycles. The number of rotatable bonds is 4. The Balaban J connectivity index is 0.00000169. The van der Waals surface area contributed by atoms with E-state index >= 15 is 0 Å². The Bertz CT molecular complexity index is 720. The Kier molecular flexibility index (Phi) is 8.07. The van der Waals surface area contributed by atoms with Crippen LogP contribution in [0.1, 0.15) is 10.4 Å². The lowest BCUT2D eigenvalue weighted by Crippen LogP contribution is -2.57. The third kappa shape index (κ3) is 5.19. The minimum Gasteiger partial charge on any atom is -0.350 e. The van der Waals surface area contributed by atoms with E-state index in [-0.39, 0.29) is 30.4 Å². The number of hydrogen-bond acceptors (Lipinski definition) is 5. The molecule has 1 aliphatic rings. The monoisotopic (exact) mass is 414 g/mol. The van der Waals surface area contributed by atoms with Crippen LogP contribution in [-0.2, 0) is 0 Å². The minimum atomic E-state index is -4.40. The molecule has 1 atom stereocenters. The number of amides is 1. The Hall–Kier alpha value is -1.62. The van der Waals surface area contributed by atoms with Crippen LogP contribution >= 0.6 is 24.8 Å². The van der Waals surface area contributed by atoms with E-state index in [2.05, 4.69) is 20.8 Å². The van der Waals surface area contributed by atoms with Gasteiger partial charge >= 0.3 is 6.18 Å². The third-order valence-electron chi connectivity index (χ3n) is 3.98. The van der Waals surface area contributed by atoms with Crippen molar-refractivity contribution in [2.45, 2.75) is 12.2 Å². The molecule has 146 valence electrons. The number of fused-ring (bicyclic) bond motifs is 1. The molecule has 0 bridgehead atoms. The third-order valence-corrected chi connectivity index (χ3v) is 3.98. The second-order valence-electron chi connectivity index (χ2n) is 5.57. The summed E-state index contributed by atoms with van der Waals surface area (Å²) in [6.07, 6.45) is -1.49. The van der Waals surface area contributed by atoms with E-state index in [0.717, 1.165) is 0 Å². The number of halogens is 5. The molecule has 1 fully saturated rings. The average molecular weight is 415 g/mol. The number of hydrogen-bond donors (Lipinski definition) is 2. The van der Waals surface area contributed by atoms with E-state index in [9.17, 15) is 18.0 Å². The Morgan fingerprint density at radius 3 is 2.62 bits per heavy atom. The molecule has 3 rings (SSSR count). The summed E-state index contributed by atoms with van der Waals surface area (Å²) in [7, 11) is 0. The van der Waals surface area contributed by atoms with Gasteiger partial charge in [-0.1, -0.05) is 0 Å². The lowest BCUT2D eigenvalue weighted by atomic mass is 10.2. The highest BCUT2D eigenvalue weighted by Gasteiger charge is 2.43. The number of aromatic nitrogens is 3. The van der Waals surface area contributed by atoms with Crippen molar-refractivity contribution >= 4 is 36.4 Å². The molecular formula is C14H19Cl2F3N6O. The molecule has 12 heteroatoms. The molecule has 0 radical (unpaired) electrons. The molecule has 0 saturated carbocycles. The molecular weight excluding hydrogens is 396 g/mol. The highest BCUT2D eigenvalue weighted by molar-refractivity contribution is 5.94. The zero-order chi connectivity index (χ0) is 17.2. The van der Waals surface area contributed by atoms with Crippen molar-refractivity contribution in [2.24, 2.45) is 0 Å². The van der Waals surface area contributed by atoms with Gasteiger partial charge in [-0.05, 0) is 12.1 Å². The van der Waals surface area contributed by atoms with Crippen LogP contribution in [0.25, 0.3) is 5.65 Å². The second-order valence-corrected chi connectivity index (χ2v) is 5.57. The SMILES string of the molecule is Cl.Cl.O=C(NCC(N1CCNCC1)C(F)(F)F)c1ccc2nncn2c1. The van der Waals surface area contributed by atoms with Gasteiger partial charge in [-0.2, -0.15) is 13.2 Å². The standard InChI is InChI=1S/C14H17F3N6O.2ClH/c15-14(16,17)11(22-5-3-18-4-6-22)7-19-13(24)10-1-2-12-21-20-9-23(12)8-10;;/h1-2,8-9,11,18H,3-7H2,(H,19,24);2*1H. The van der Waals surface area contributed by atoms with E-state index < -0.39 is 24.7 Å².